The van der Waals surface area contributed by atoms with Crippen molar-refractivity contribution in [3.8, 4) is 11.5 Å². The molecule has 2 aromatic carbocycles. The van der Waals surface area contributed by atoms with E-state index in [0.29, 0.717) is 18.7 Å². The third-order valence-corrected chi connectivity index (χ3v) is 3.94. The molecule has 4 nitrogen and oxygen atoms in total. The van der Waals surface area contributed by atoms with Crippen LogP contribution in [0.15, 0.2) is 42.5 Å². The Morgan fingerprint density at radius 3 is 2.87 bits per heavy atom. The van der Waals surface area contributed by atoms with Crippen LogP contribution in [0, 0.1) is 6.92 Å². The predicted octanol–water partition coefficient (Wildman–Crippen LogP) is 3.13. The first kappa shape index (κ1) is 15.4. The monoisotopic (exact) mass is 311 g/mol. The highest BCUT2D eigenvalue weighted by Crippen LogP contribution is 2.27. The van der Waals surface area contributed by atoms with Gasteiger partial charge in [0.15, 0.2) is 0 Å². The molecule has 0 radical (unpaired) electrons. The number of aryl methyl sites for hydroxylation is 1. The highest BCUT2D eigenvalue weighted by atomic mass is 16.5. The van der Waals surface area contributed by atoms with Gasteiger partial charge < -0.3 is 14.8 Å². The first-order chi connectivity index (χ1) is 11.2. The van der Waals surface area contributed by atoms with E-state index in [4.69, 9.17) is 9.47 Å². The number of hydrogen-bond donors (Lipinski definition) is 1. The van der Waals surface area contributed by atoms with E-state index in [1.165, 1.54) is 5.56 Å². The fourth-order valence-corrected chi connectivity index (χ4v) is 2.78. The summed E-state index contributed by atoms with van der Waals surface area (Å²) in [7, 11) is 0. The number of nitrogens with one attached hydrogen (secondary N) is 1. The lowest BCUT2D eigenvalue weighted by atomic mass is 10.1. The van der Waals surface area contributed by atoms with Crippen molar-refractivity contribution in [1.29, 1.82) is 0 Å². The third-order valence-electron chi connectivity index (χ3n) is 3.94. The lowest BCUT2D eigenvalue weighted by Gasteiger charge is -2.13. The van der Waals surface area contributed by atoms with Crippen LogP contribution >= 0.6 is 0 Å². The minimum atomic E-state index is -0.0873. The van der Waals surface area contributed by atoms with Crippen LogP contribution in [0.2, 0.25) is 0 Å². The van der Waals surface area contributed by atoms with E-state index in [2.05, 4.69) is 11.4 Å². The van der Waals surface area contributed by atoms with E-state index in [0.717, 1.165) is 23.5 Å². The van der Waals surface area contributed by atoms with Gasteiger partial charge in [-0.1, -0.05) is 18.2 Å². The molecule has 120 valence electrons. The Balaban J connectivity index is 1.57. The van der Waals surface area contributed by atoms with Crippen LogP contribution in [0.25, 0.3) is 0 Å². The quantitative estimate of drug-likeness (QED) is 0.923. The van der Waals surface area contributed by atoms with Gasteiger partial charge in [-0.2, -0.15) is 0 Å². The molecule has 1 aliphatic heterocycles. The molecule has 1 heterocycles. The number of carbonyl (C=O) groups excluding carboxylic acids is 1. The lowest BCUT2D eigenvalue weighted by Crippen LogP contribution is -2.34. The lowest BCUT2D eigenvalue weighted by molar-refractivity contribution is 0.0933. The van der Waals surface area contributed by atoms with Crippen LogP contribution in [-0.2, 0) is 6.42 Å². The number of benzene rings is 2. The van der Waals surface area contributed by atoms with E-state index in [-0.39, 0.29) is 12.0 Å². The van der Waals surface area contributed by atoms with Crippen LogP contribution < -0.4 is 14.8 Å². The van der Waals surface area contributed by atoms with Crippen molar-refractivity contribution >= 4 is 5.91 Å². The average Bonchev–Trinajstić information content (AvgIpc) is 2.97. The van der Waals surface area contributed by atoms with Crippen molar-refractivity contribution in [2.45, 2.75) is 26.4 Å². The summed E-state index contributed by atoms with van der Waals surface area (Å²) in [6, 6.07) is 13.5. The summed E-state index contributed by atoms with van der Waals surface area (Å²) in [4.78, 5) is 12.3. The summed E-state index contributed by atoms with van der Waals surface area (Å²) in [6.45, 7) is 5.00. The first-order valence-corrected chi connectivity index (χ1v) is 7.93. The highest BCUT2D eigenvalue weighted by molar-refractivity contribution is 5.94. The Bertz CT molecular complexity index is 687. The standard InChI is InChI=1S/C19H21NO3/c1-3-22-17-9-8-15(10-13(17)2)19(21)20-12-16-11-14-6-4-5-7-18(14)23-16/h4-10,16H,3,11-12H2,1-2H3,(H,20,21). The summed E-state index contributed by atoms with van der Waals surface area (Å²) in [5.41, 5.74) is 2.80. The third kappa shape index (κ3) is 3.47. The van der Waals surface area contributed by atoms with Crippen LogP contribution in [-0.4, -0.2) is 25.2 Å². The van der Waals surface area contributed by atoms with E-state index < -0.39 is 0 Å². The van der Waals surface area contributed by atoms with E-state index in [1.54, 1.807) is 6.07 Å². The second-order valence-electron chi connectivity index (χ2n) is 5.68. The van der Waals surface area contributed by atoms with Gasteiger partial charge in [-0.05, 0) is 49.2 Å². The number of ether oxygens (including phenoxy) is 2. The van der Waals surface area contributed by atoms with Gasteiger partial charge in [-0.15, -0.1) is 0 Å². The van der Waals surface area contributed by atoms with Crippen molar-refractivity contribution < 1.29 is 14.3 Å². The molecule has 0 spiro atoms. The second kappa shape index (κ2) is 6.73. The zero-order valence-corrected chi connectivity index (χ0v) is 13.5. The fraction of sp³-hybridized carbons (Fsp3) is 0.316. The molecule has 1 N–H and O–H groups in total. The molecule has 0 aliphatic carbocycles. The zero-order chi connectivity index (χ0) is 16.2. The SMILES string of the molecule is CCOc1ccc(C(=O)NCC2Cc3ccccc3O2)cc1C. The van der Waals surface area contributed by atoms with Crippen LogP contribution in [0.4, 0.5) is 0 Å². The molecule has 4 heteroatoms. The van der Waals surface area contributed by atoms with Crippen LogP contribution in [0.5, 0.6) is 11.5 Å². The Labute approximate surface area is 136 Å². The summed E-state index contributed by atoms with van der Waals surface area (Å²) >= 11 is 0. The highest BCUT2D eigenvalue weighted by Gasteiger charge is 2.22. The van der Waals surface area contributed by atoms with Gasteiger partial charge in [0, 0.05) is 12.0 Å². The van der Waals surface area contributed by atoms with E-state index in [9.17, 15) is 4.79 Å². The molecule has 1 unspecified atom stereocenters. The first-order valence-electron chi connectivity index (χ1n) is 7.93. The van der Waals surface area contributed by atoms with Gasteiger partial charge in [0.2, 0.25) is 0 Å². The Morgan fingerprint density at radius 2 is 2.13 bits per heavy atom. The smallest absolute Gasteiger partial charge is 0.251 e. The van der Waals surface area contributed by atoms with Crippen molar-refractivity contribution in [3.05, 3.63) is 59.2 Å². The topological polar surface area (TPSA) is 47.6 Å². The van der Waals surface area contributed by atoms with Gasteiger partial charge in [-0.25, -0.2) is 0 Å². The molecule has 1 atom stereocenters. The van der Waals surface area contributed by atoms with Crippen molar-refractivity contribution in [2.75, 3.05) is 13.2 Å². The molecular formula is C19H21NO3. The number of hydrogen-bond acceptors (Lipinski definition) is 3. The Hall–Kier alpha value is -2.49. The molecule has 23 heavy (non-hydrogen) atoms. The molecule has 0 saturated heterocycles. The van der Waals surface area contributed by atoms with Gasteiger partial charge in [-0.3, -0.25) is 4.79 Å². The molecule has 0 saturated carbocycles. The Morgan fingerprint density at radius 1 is 1.30 bits per heavy atom. The molecule has 0 fully saturated rings. The molecular weight excluding hydrogens is 290 g/mol. The molecule has 3 rings (SSSR count). The normalized spacial score (nSPS) is 15.7. The Kier molecular flexibility index (Phi) is 4.51. The van der Waals surface area contributed by atoms with Gasteiger partial charge in [0.05, 0.1) is 13.2 Å². The van der Waals surface area contributed by atoms with Crippen molar-refractivity contribution in [2.24, 2.45) is 0 Å². The van der Waals surface area contributed by atoms with Gasteiger partial charge in [0.1, 0.15) is 17.6 Å². The number of carbonyl (C=O) groups is 1. The summed E-state index contributed by atoms with van der Waals surface area (Å²) in [6.07, 6.45) is 0.832. The number of para-hydroxylation sites is 1. The predicted molar refractivity (Wildman–Crippen MR) is 89.2 cm³/mol. The average molecular weight is 311 g/mol. The summed E-state index contributed by atoms with van der Waals surface area (Å²) in [5, 5.41) is 2.95. The van der Waals surface area contributed by atoms with Gasteiger partial charge >= 0.3 is 0 Å². The maximum Gasteiger partial charge on any atom is 0.251 e. The maximum absolute atomic E-state index is 12.3. The summed E-state index contributed by atoms with van der Waals surface area (Å²) in [5.74, 6) is 1.65. The second-order valence-corrected chi connectivity index (χ2v) is 5.68. The molecule has 2 aromatic rings. The minimum Gasteiger partial charge on any atom is -0.494 e. The summed E-state index contributed by atoms with van der Waals surface area (Å²) < 4.78 is 11.3. The molecule has 1 amide bonds. The van der Waals surface area contributed by atoms with E-state index in [1.807, 2.05) is 44.2 Å². The van der Waals surface area contributed by atoms with Crippen molar-refractivity contribution in [3.63, 3.8) is 0 Å². The van der Waals surface area contributed by atoms with E-state index >= 15 is 0 Å². The number of fused-ring (bicyclic) bond motifs is 1. The molecule has 0 aromatic heterocycles. The fourth-order valence-electron chi connectivity index (χ4n) is 2.78. The zero-order valence-electron chi connectivity index (χ0n) is 13.5. The van der Waals surface area contributed by atoms with Gasteiger partial charge in [0.25, 0.3) is 5.91 Å². The van der Waals surface area contributed by atoms with Crippen LogP contribution in [0.3, 0.4) is 0 Å². The largest absolute Gasteiger partial charge is 0.494 e. The molecule has 1 aliphatic rings. The molecule has 0 bridgehead atoms. The van der Waals surface area contributed by atoms with Crippen LogP contribution in [0.1, 0.15) is 28.4 Å². The van der Waals surface area contributed by atoms with Crippen molar-refractivity contribution in [1.82, 2.24) is 5.32 Å². The minimum absolute atomic E-state index is 0.000134. The number of amides is 1. The number of rotatable bonds is 5. The maximum atomic E-state index is 12.3.